The molecule has 0 bridgehead atoms. The van der Waals surface area contributed by atoms with Crippen LogP contribution in [0.3, 0.4) is 0 Å². The van der Waals surface area contributed by atoms with Gasteiger partial charge in [0, 0.05) is 12.4 Å². The maximum Gasteiger partial charge on any atom is 0.247 e. The van der Waals surface area contributed by atoms with Gasteiger partial charge in [-0.15, -0.1) is 0 Å². The Bertz CT molecular complexity index is 355. The second-order valence-corrected chi connectivity index (χ2v) is 1.90. The zero-order valence-electron chi connectivity index (χ0n) is 5.11. The molecule has 0 saturated heterocycles. The fourth-order valence-electron chi connectivity index (χ4n) is 0.785. The van der Waals surface area contributed by atoms with Crippen LogP contribution >= 0.6 is 0 Å². The first kappa shape index (κ1) is 5.22. The van der Waals surface area contributed by atoms with E-state index in [9.17, 15) is 0 Å². The van der Waals surface area contributed by atoms with E-state index in [4.69, 9.17) is 10.2 Å². The summed E-state index contributed by atoms with van der Waals surface area (Å²) in [5.74, 6) is 0. The molecule has 0 radical (unpaired) electrons. The van der Waals surface area contributed by atoms with Gasteiger partial charge in [0.05, 0.1) is 5.69 Å². The lowest BCUT2D eigenvalue weighted by Gasteiger charge is -1.83. The van der Waals surface area contributed by atoms with Crippen LogP contribution in [0.25, 0.3) is 11.2 Å². The van der Waals surface area contributed by atoms with Crippen molar-refractivity contribution in [1.29, 1.82) is 0 Å². The number of rotatable bonds is 0. The van der Waals surface area contributed by atoms with Gasteiger partial charge in [-0.2, -0.15) is 0 Å². The van der Waals surface area contributed by atoms with Crippen molar-refractivity contribution in [3.05, 3.63) is 18.7 Å². The average Bonchev–Trinajstić information content (AvgIpc) is 2.34. The quantitative estimate of drug-likeness (QED) is 0.580. The lowest BCUT2D eigenvalue weighted by molar-refractivity contribution is 0.604. The third-order valence-corrected chi connectivity index (χ3v) is 1.24. The number of aromatic nitrogens is 2. The Labute approximate surface area is 56.7 Å². The van der Waals surface area contributed by atoms with Crippen LogP contribution in [0.4, 0.5) is 5.69 Å². The summed E-state index contributed by atoms with van der Waals surface area (Å²) in [5.41, 5.74) is 7.12. The van der Waals surface area contributed by atoms with Gasteiger partial charge >= 0.3 is 0 Å². The van der Waals surface area contributed by atoms with E-state index in [0.29, 0.717) is 16.9 Å². The van der Waals surface area contributed by atoms with E-state index in [-0.39, 0.29) is 0 Å². The highest BCUT2D eigenvalue weighted by Crippen LogP contribution is 2.16. The maximum atomic E-state index is 5.48. The zero-order chi connectivity index (χ0) is 6.97. The molecule has 2 rings (SSSR count). The van der Waals surface area contributed by atoms with Gasteiger partial charge < -0.3 is 10.2 Å². The summed E-state index contributed by atoms with van der Waals surface area (Å²) in [7, 11) is 0. The van der Waals surface area contributed by atoms with Gasteiger partial charge in [0.2, 0.25) is 5.71 Å². The van der Waals surface area contributed by atoms with Gasteiger partial charge in [-0.3, -0.25) is 0 Å². The van der Waals surface area contributed by atoms with Crippen LogP contribution in [-0.4, -0.2) is 9.97 Å². The molecule has 0 aliphatic rings. The van der Waals surface area contributed by atoms with Crippen LogP contribution in [0.2, 0.25) is 0 Å². The molecular formula is C6H5N3O. The molecule has 0 saturated carbocycles. The highest BCUT2D eigenvalue weighted by molar-refractivity contribution is 5.81. The summed E-state index contributed by atoms with van der Waals surface area (Å²) in [5, 5.41) is 0. The Morgan fingerprint density at radius 2 is 2.10 bits per heavy atom. The van der Waals surface area contributed by atoms with Crippen molar-refractivity contribution in [2.45, 2.75) is 0 Å². The second-order valence-electron chi connectivity index (χ2n) is 1.90. The van der Waals surface area contributed by atoms with Crippen LogP contribution in [0.15, 0.2) is 23.1 Å². The van der Waals surface area contributed by atoms with Crippen molar-refractivity contribution in [3.63, 3.8) is 0 Å². The molecule has 10 heavy (non-hydrogen) atoms. The van der Waals surface area contributed by atoms with Crippen molar-refractivity contribution >= 4 is 16.9 Å². The third kappa shape index (κ3) is 0.556. The average molecular weight is 135 g/mol. The Morgan fingerprint density at radius 3 is 2.90 bits per heavy atom. The minimum atomic E-state index is 0.486. The maximum absolute atomic E-state index is 5.48. The molecule has 0 amide bonds. The molecule has 2 N–H and O–H groups in total. The van der Waals surface area contributed by atoms with Crippen molar-refractivity contribution in [1.82, 2.24) is 9.97 Å². The van der Waals surface area contributed by atoms with Crippen LogP contribution in [0.1, 0.15) is 0 Å². The molecule has 2 aromatic rings. The number of nitrogens with two attached hydrogens (primary N) is 1. The van der Waals surface area contributed by atoms with E-state index in [0.717, 1.165) is 0 Å². The first-order chi connectivity index (χ1) is 4.88. The SMILES string of the molecule is Nc1coc2nccnc12. The second kappa shape index (κ2) is 1.70. The van der Waals surface area contributed by atoms with Crippen LogP contribution in [-0.2, 0) is 0 Å². The highest BCUT2D eigenvalue weighted by Gasteiger charge is 2.01. The Hall–Kier alpha value is -1.58. The largest absolute Gasteiger partial charge is 0.443 e. The molecule has 0 aliphatic heterocycles. The molecule has 0 atom stereocenters. The summed E-state index contributed by atoms with van der Waals surface area (Å²) < 4.78 is 4.95. The number of hydrogen-bond acceptors (Lipinski definition) is 4. The normalized spacial score (nSPS) is 10.4. The topological polar surface area (TPSA) is 64.9 Å². The van der Waals surface area contributed by atoms with E-state index in [1.54, 1.807) is 12.4 Å². The van der Waals surface area contributed by atoms with Crippen molar-refractivity contribution in [2.75, 3.05) is 5.73 Å². The molecule has 2 aromatic heterocycles. The fourth-order valence-corrected chi connectivity index (χ4v) is 0.785. The molecule has 0 aliphatic carbocycles. The standard InChI is InChI=1S/C6H5N3O/c7-4-3-10-6-5(4)8-1-2-9-6/h1-3H,7H2. The fraction of sp³-hybridized carbons (Fsp3) is 0. The van der Waals surface area contributed by atoms with Crippen LogP contribution in [0, 0.1) is 0 Å². The summed E-state index contributed by atoms with van der Waals surface area (Å²) in [6.07, 6.45) is 4.57. The molecular weight excluding hydrogens is 130 g/mol. The molecule has 4 heteroatoms. The monoisotopic (exact) mass is 135 g/mol. The van der Waals surface area contributed by atoms with Gasteiger partial charge in [-0.05, 0) is 0 Å². The molecule has 0 fully saturated rings. The summed E-state index contributed by atoms with van der Waals surface area (Å²) in [6.45, 7) is 0. The molecule has 0 aromatic carbocycles. The van der Waals surface area contributed by atoms with Crippen LogP contribution < -0.4 is 5.73 Å². The number of furan rings is 1. The molecule has 2 heterocycles. The molecule has 0 spiro atoms. The lowest BCUT2D eigenvalue weighted by atomic mass is 10.5. The first-order valence-corrected chi connectivity index (χ1v) is 2.81. The smallest absolute Gasteiger partial charge is 0.247 e. The number of fused-ring (bicyclic) bond motifs is 1. The predicted octanol–water partition coefficient (Wildman–Crippen LogP) is 0.805. The van der Waals surface area contributed by atoms with E-state index >= 15 is 0 Å². The van der Waals surface area contributed by atoms with Gasteiger partial charge in [-0.1, -0.05) is 0 Å². The molecule has 50 valence electrons. The molecule has 0 unspecified atom stereocenters. The van der Waals surface area contributed by atoms with Gasteiger partial charge in [0.1, 0.15) is 6.26 Å². The van der Waals surface area contributed by atoms with Crippen molar-refractivity contribution in [3.8, 4) is 0 Å². The molecule has 4 nitrogen and oxygen atoms in total. The number of nitrogen functional groups attached to an aromatic ring is 1. The summed E-state index contributed by atoms with van der Waals surface area (Å²) in [4.78, 5) is 7.85. The lowest BCUT2D eigenvalue weighted by Crippen LogP contribution is -1.83. The minimum Gasteiger partial charge on any atom is -0.443 e. The zero-order valence-corrected chi connectivity index (χ0v) is 5.11. The van der Waals surface area contributed by atoms with Gasteiger partial charge in [0.25, 0.3) is 0 Å². The first-order valence-electron chi connectivity index (χ1n) is 2.81. The minimum absolute atomic E-state index is 0.486. The number of hydrogen-bond donors (Lipinski definition) is 1. The van der Waals surface area contributed by atoms with Gasteiger partial charge in [-0.25, -0.2) is 9.97 Å². The highest BCUT2D eigenvalue weighted by atomic mass is 16.3. The van der Waals surface area contributed by atoms with Crippen molar-refractivity contribution in [2.24, 2.45) is 0 Å². The summed E-state index contributed by atoms with van der Waals surface area (Å²) in [6, 6.07) is 0. The Kier molecular flexibility index (Phi) is 0.887. The van der Waals surface area contributed by atoms with Crippen LogP contribution in [0.5, 0.6) is 0 Å². The number of anilines is 1. The Balaban J connectivity index is 2.93. The van der Waals surface area contributed by atoms with E-state index in [1.165, 1.54) is 6.26 Å². The van der Waals surface area contributed by atoms with Gasteiger partial charge in [0.15, 0.2) is 5.52 Å². The summed E-state index contributed by atoms with van der Waals surface area (Å²) >= 11 is 0. The predicted molar refractivity (Wildman–Crippen MR) is 36.2 cm³/mol. The van der Waals surface area contributed by atoms with E-state index < -0.39 is 0 Å². The van der Waals surface area contributed by atoms with E-state index in [2.05, 4.69) is 9.97 Å². The third-order valence-electron chi connectivity index (χ3n) is 1.24. The van der Waals surface area contributed by atoms with Crippen molar-refractivity contribution < 1.29 is 4.42 Å². The van der Waals surface area contributed by atoms with E-state index in [1.807, 2.05) is 0 Å². The Morgan fingerprint density at radius 1 is 1.30 bits per heavy atom. The number of nitrogens with zero attached hydrogens (tertiary/aromatic N) is 2.